The van der Waals surface area contributed by atoms with Crippen LogP contribution in [0.2, 0.25) is 0 Å². The van der Waals surface area contributed by atoms with E-state index in [1.54, 1.807) is 0 Å². The summed E-state index contributed by atoms with van der Waals surface area (Å²) in [6.45, 7) is 2.91. The molecule has 8 nitrogen and oxygen atoms in total. The molecule has 0 spiro atoms. The number of piperazine rings is 1. The second-order valence-corrected chi connectivity index (χ2v) is 4.83. The Kier molecular flexibility index (Phi) is 6.82. The predicted octanol–water partition coefficient (Wildman–Crippen LogP) is 0.669. The fourth-order valence-corrected chi connectivity index (χ4v) is 2.53. The molecule has 1 aliphatic rings. The van der Waals surface area contributed by atoms with E-state index in [1.807, 2.05) is 4.90 Å². The monoisotopic (exact) mass is 333 g/mol. The van der Waals surface area contributed by atoms with Crippen LogP contribution in [-0.4, -0.2) is 59.9 Å². The third-order valence-electron chi connectivity index (χ3n) is 3.64. The molecule has 1 atom stereocenters. The maximum atomic E-state index is 11.0. The summed E-state index contributed by atoms with van der Waals surface area (Å²) in [6, 6.07) is 2.46. The van der Waals surface area contributed by atoms with Crippen LogP contribution in [0.1, 0.15) is 11.6 Å². The molecular weight excluding hydrogens is 314 g/mol. The van der Waals surface area contributed by atoms with E-state index in [2.05, 4.69) is 5.32 Å². The summed E-state index contributed by atoms with van der Waals surface area (Å²) in [5, 5.41) is 33.7. The zero-order chi connectivity index (χ0) is 15.4. The minimum Gasteiger partial charge on any atom is -0.500 e. The van der Waals surface area contributed by atoms with Gasteiger partial charge in [0.1, 0.15) is 0 Å². The number of rotatable bonds is 5. The summed E-state index contributed by atoms with van der Waals surface area (Å²) >= 11 is 0. The van der Waals surface area contributed by atoms with Crippen LogP contribution in [0, 0.1) is 10.1 Å². The SMILES string of the molecule is COc1cc([C@H](CO)N2CCNCC2)cc([N+](=O)[O-])c1O.Cl. The Morgan fingerprint density at radius 3 is 2.59 bits per heavy atom. The molecule has 0 saturated carbocycles. The van der Waals surface area contributed by atoms with Gasteiger partial charge in [0.15, 0.2) is 5.75 Å². The Balaban J connectivity index is 0.00000242. The molecule has 0 aromatic heterocycles. The molecule has 0 unspecified atom stereocenters. The van der Waals surface area contributed by atoms with Crippen molar-refractivity contribution in [3.05, 3.63) is 27.8 Å². The zero-order valence-corrected chi connectivity index (χ0v) is 13.0. The van der Waals surface area contributed by atoms with Crippen molar-refractivity contribution in [2.24, 2.45) is 0 Å². The number of hydrogen-bond acceptors (Lipinski definition) is 7. The fourth-order valence-electron chi connectivity index (χ4n) is 2.53. The number of aliphatic hydroxyl groups excluding tert-OH is 1. The molecule has 0 bridgehead atoms. The fraction of sp³-hybridized carbons (Fsp3) is 0.538. The second-order valence-electron chi connectivity index (χ2n) is 4.83. The van der Waals surface area contributed by atoms with E-state index in [-0.39, 0.29) is 30.8 Å². The number of phenolic OH excluding ortho intramolecular Hbond substituents is 1. The third kappa shape index (κ3) is 3.77. The van der Waals surface area contributed by atoms with E-state index in [0.29, 0.717) is 5.56 Å². The highest BCUT2D eigenvalue weighted by Crippen LogP contribution is 2.39. The van der Waals surface area contributed by atoms with Gasteiger partial charge in [-0.1, -0.05) is 0 Å². The molecule has 2 rings (SSSR count). The van der Waals surface area contributed by atoms with Gasteiger partial charge in [-0.05, 0) is 11.6 Å². The molecule has 124 valence electrons. The van der Waals surface area contributed by atoms with Gasteiger partial charge in [0, 0.05) is 32.2 Å². The molecule has 0 radical (unpaired) electrons. The lowest BCUT2D eigenvalue weighted by molar-refractivity contribution is -0.386. The normalized spacial score (nSPS) is 16.6. The Labute approximate surface area is 134 Å². The molecule has 1 fully saturated rings. The van der Waals surface area contributed by atoms with Crippen LogP contribution in [0.5, 0.6) is 11.5 Å². The van der Waals surface area contributed by atoms with Crippen molar-refractivity contribution in [2.75, 3.05) is 39.9 Å². The van der Waals surface area contributed by atoms with Gasteiger partial charge in [-0.2, -0.15) is 0 Å². The highest BCUT2D eigenvalue weighted by atomic mass is 35.5. The number of nitro groups is 1. The number of aliphatic hydroxyl groups is 1. The standard InChI is InChI=1S/C13H19N3O5.ClH/c1-21-12-7-9(6-10(13(12)18)16(19)20)11(8-17)15-4-2-14-3-5-15;/h6-7,11,14,17-18H,2-5,8H2,1H3;1H/t11-;/m0./s1. The lowest BCUT2D eigenvalue weighted by atomic mass is 10.0. The largest absolute Gasteiger partial charge is 0.500 e. The highest BCUT2D eigenvalue weighted by Gasteiger charge is 2.27. The first-order valence-electron chi connectivity index (χ1n) is 6.69. The maximum Gasteiger partial charge on any atom is 0.314 e. The third-order valence-corrected chi connectivity index (χ3v) is 3.64. The lowest BCUT2D eigenvalue weighted by Crippen LogP contribution is -2.46. The summed E-state index contributed by atoms with van der Waals surface area (Å²) in [7, 11) is 1.33. The van der Waals surface area contributed by atoms with Crippen molar-refractivity contribution in [3.63, 3.8) is 0 Å². The van der Waals surface area contributed by atoms with Crippen molar-refractivity contribution < 1.29 is 19.9 Å². The van der Waals surface area contributed by atoms with Crippen LogP contribution in [0.15, 0.2) is 12.1 Å². The van der Waals surface area contributed by atoms with E-state index in [9.17, 15) is 20.3 Å². The Bertz CT molecular complexity index is 523. The van der Waals surface area contributed by atoms with E-state index < -0.39 is 16.4 Å². The van der Waals surface area contributed by atoms with E-state index in [4.69, 9.17) is 4.74 Å². The summed E-state index contributed by atoms with van der Waals surface area (Å²) in [5.41, 5.74) is 0.138. The molecule has 1 saturated heterocycles. The Morgan fingerprint density at radius 1 is 1.45 bits per heavy atom. The molecule has 1 aromatic carbocycles. The minimum atomic E-state index is -0.659. The number of phenols is 1. The number of aromatic hydroxyl groups is 1. The molecule has 1 heterocycles. The smallest absolute Gasteiger partial charge is 0.314 e. The minimum absolute atomic E-state index is 0. The number of nitrogens with one attached hydrogen (secondary N) is 1. The zero-order valence-electron chi connectivity index (χ0n) is 12.2. The number of methoxy groups -OCH3 is 1. The Morgan fingerprint density at radius 2 is 2.09 bits per heavy atom. The number of ether oxygens (including phenoxy) is 1. The van der Waals surface area contributed by atoms with Crippen molar-refractivity contribution in [1.29, 1.82) is 0 Å². The first kappa shape index (κ1) is 18.4. The van der Waals surface area contributed by atoms with Crippen molar-refractivity contribution >= 4 is 18.1 Å². The summed E-state index contributed by atoms with van der Waals surface area (Å²) in [5.74, 6) is -0.462. The molecule has 3 N–H and O–H groups in total. The molecule has 0 aliphatic carbocycles. The van der Waals surface area contributed by atoms with Gasteiger partial charge in [-0.15, -0.1) is 12.4 Å². The van der Waals surface area contributed by atoms with Crippen LogP contribution in [-0.2, 0) is 0 Å². The lowest BCUT2D eigenvalue weighted by Gasteiger charge is -2.34. The van der Waals surface area contributed by atoms with Crippen LogP contribution in [0.4, 0.5) is 5.69 Å². The molecule has 0 amide bonds. The van der Waals surface area contributed by atoms with Crippen LogP contribution in [0.25, 0.3) is 0 Å². The van der Waals surface area contributed by atoms with Gasteiger partial charge in [0.2, 0.25) is 5.75 Å². The second kappa shape index (κ2) is 8.14. The summed E-state index contributed by atoms with van der Waals surface area (Å²) in [6.07, 6.45) is 0. The van der Waals surface area contributed by atoms with E-state index >= 15 is 0 Å². The number of hydrogen-bond donors (Lipinski definition) is 3. The van der Waals surface area contributed by atoms with E-state index in [1.165, 1.54) is 19.2 Å². The molecule has 9 heteroatoms. The Hall–Kier alpha value is -1.61. The molecule has 22 heavy (non-hydrogen) atoms. The van der Waals surface area contributed by atoms with Gasteiger partial charge in [0.25, 0.3) is 0 Å². The summed E-state index contributed by atoms with van der Waals surface area (Å²) in [4.78, 5) is 12.4. The highest BCUT2D eigenvalue weighted by molar-refractivity contribution is 5.85. The quantitative estimate of drug-likeness (QED) is 0.537. The van der Waals surface area contributed by atoms with Crippen molar-refractivity contribution in [1.82, 2.24) is 10.2 Å². The van der Waals surface area contributed by atoms with Crippen molar-refractivity contribution in [2.45, 2.75) is 6.04 Å². The first-order chi connectivity index (χ1) is 10.1. The van der Waals surface area contributed by atoms with Crippen LogP contribution in [0.3, 0.4) is 0 Å². The van der Waals surface area contributed by atoms with Crippen LogP contribution >= 0.6 is 12.4 Å². The molecular formula is C13H20ClN3O5. The van der Waals surface area contributed by atoms with Crippen molar-refractivity contribution in [3.8, 4) is 11.5 Å². The van der Waals surface area contributed by atoms with Gasteiger partial charge < -0.3 is 20.3 Å². The first-order valence-corrected chi connectivity index (χ1v) is 6.69. The van der Waals surface area contributed by atoms with Gasteiger partial charge in [-0.3, -0.25) is 15.0 Å². The average Bonchev–Trinajstić information content (AvgIpc) is 2.50. The van der Waals surface area contributed by atoms with Gasteiger partial charge >= 0.3 is 5.69 Å². The molecule has 1 aromatic rings. The topological polar surface area (TPSA) is 108 Å². The average molecular weight is 334 g/mol. The number of nitro benzene ring substituents is 1. The number of halogens is 1. The number of benzene rings is 1. The maximum absolute atomic E-state index is 11.0. The van der Waals surface area contributed by atoms with Gasteiger partial charge in [0.05, 0.1) is 24.7 Å². The number of nitrogens with zero attached hydrogens (tertiary/aromatic N) is 2. The predicted molar refractivity (Wildman–Crippen MR) is 82.8 cm³/mol. The molecule has 1 aliphatic heterocycles. The van der Waals surface area contributed by atoms with Crippen LogP contribution < -0.4 is 10.1 Å². The summed E-state index contributed by atoms with van der Waals surface area (Å²) < 4.78 is 4.99. The van der Waals surface area contributed by atoms with E-state index in [0.717, 1.165) is 26.2 Å². The van der Waals surface area contributed by atoms with Gasteiger partial charge in [-0.25, -0.2) is 0 Å².